The molecular weight excluding hydrogens is 222 g/mol. The zero-order chi connectivity index (χ0) is 11.5. The molecule has 1 aromatic rings. The van der Waals surface area contributed by atoms with Crippen molar-refractivity contribution in [2.45, 2.75) is 0 Å². The minimum Gasteiger partial charge on any atom is -0.399 e. The van der Waals surface area contributed by atoms with Crippen LogP contribution in [0.25, 0.3) is 5.70 Å². The molecule has 0 aromatic heterocycles. The van der Waals surface area contributed by atoms with E-state index in [0.717, 1.165) is 37.4 Å². The van der Waals surface area contributed by atoms with Gasteiger partial charge in [0.05, 0.1) is 5.02 Å². The van der Waals surface area contributed by atoms with Crippen LogP contribution >= 0.6 is 11.6 Å². The molecule has 1 aliphatic rings. The Morgan fingerprint density at radius 3 is 2.69 bits per heavy atom. The van der Waals surface area contributed by atoms with Crippen molar-refractivity contribution in [2.24, 2.45) is 0 Å². The van der Waals surface area contributed by atoms with Crippen molar-refractivity contribution in [2.75, 3.05) is 31.9 Å². The lowest BCUT2D eigenvalue weighted by atomic mass is 10.1. The summed E-state index contributed by atoms with van der Waals surface area (Å²) < 4.78 is 0. The number of piperazine rings is 1. The van der Waals surface area contributed by atoms with Gasteiger partial charge in [-0.15, -0.1) is 0 Å². The summed E-state index contributed by atoms with van der Waals surface area (Å²) in [5, 5.41) is 3.98. The van der Waals surface area contributed by atoms with Crippen molar-refractivity contribution < 1.29 is 0 Å². The quantitative estimate of drug-likeness (QED) is 0.771. The van der Waals surface area contributed by atoms with Crippen molar-refractivity contribution in [1.82, 2.24) is 10.2 Å². The summed E-state index contributed by atoms with van der Waals surface area (Å²) >= 11 is 6.16. The molecule has 3 nitrogen and oxygen atoms in total. The molecular formula is C12H16ClN3. The zero-order valence-electron chi connectivity index (χ0n) is 9.17. The molecule has 0 aliphatic carbocycles. The molecule has 0 amide bonds. The Labute approximate surface area is 101 Å². The molecule has 16 heavy (non-hydrogen) atoms. The fourth-order valence-corrected chi connectivity index (χ4v) is 2.17. The Kier molecular flexibility index (Phi) is 3.36. The summed E-state index contributed by atoms with van der Waals surface area (Å²) in [6, 6.07) is 5.56. The molecule has 1 saturated heterocycles. The topological polar surface area (TPSA) is 41.3 Å². The second kappa shape index (κ2) is 4.76. The Morgan fingerprint density at radius 1 is 1.38 bits per heavy atom. The SMILES string of the molecule is C=C(c1ccc(N)cc1Cl)N1CCNCC1. The molecule has 0 atom stereocenters. The number of nitrogen functional groups attached to an aromatic ring is 1. The molecule has 3 N–H and O–H groups in total. The van der Waals surface area contributed by atoms with E-state index in [1.807, 2.05) is 12.1 Å². The highest BCUT2D eigenvalue weighted by Crippen LogP contribution is 2.27. The molecule has 1 heterocycles. The third-order valence-electron chi connectivity index (χ3n) is 2.80. The van der Waals surface area contributed by atoms with Crippen LogP contribution in [0.2, 0.25) is 5.02 Å². The summed E-state index contributed by atoms with van der Waals surface area (Å²) in [5.41, 5.74) is 8.30. The van der Waals surface area contributed by atoms with Crippen LogP contribution < -0.4 is 11.1 Å². The highest BCUT2D eigenvalue weighted by molar-refractivity contribution is 6.32. The Morgan fingerprint density at radius 2 is 2.06 bits per heavy atom. The van der Waals surface area contributed by atoms with Gasteiger partial charge in [-0.25, -0.2) is 0 Å². The third-order valence-corrected chi connectivity index (χ3v) is 3.12. The van der Waals surface area contributed by atoms with Gasteiger partial charge in [0.15, 0.2) is 0 Å². The fourth-order valence-electron chi connectivity index (χ4n) is 1.87. The van der Waals surface area contributed by atoms with Crippen LogP contribution in [-0.2, 0) is 0 Å². The lowest BCUT2D eigenvalue weighted by molar-refractivity contribution is 0.341. The number of halogens is 1. The minimum absolute atomic E-state index is 0.670. The van der Waals surface area contributed by atoms with E-state index in [1.165, 1.54) is 0 Å². The molecule has 0 bridgehead atoms. The standard InChI is InChI=1S/C12H16ClN3/c1-9(16-6-4-15-5-7-16)11-3-2-10(14)8-12(11)13/h2-3,8,15H,1,4-7,14H2. The van der Waals surface area contributed by atoms with E-state index in [9.17, 15) is 0 Å². The maximum absolute atomic E-state index is 6.16. The lowest BCUT2D eigenvalue weighted by Gasteiger charge is -2.31. The Balaban J connectivity index is 2.19. The van der Waals surface area contributed by atoms with E-state index in [-0.39, 0.29) is 0 Å². The molecule has 1 aliphatic heterocycles. The average Bonchev–Trinajstić information content (AvgIpc) is 2.29. The molecule has 4 heteroatoms. The number of nitrogens with two attached hydrogens (primary N) is 1. The van der Waals surface area contributed by atoms with Crippen LogP contribution in [0.5, 0.6) is 0 Å². The first-order valence-corrected chi connectivity index (χ1v) is 5.76. The van der Waals surface area contributed by atoms with Gasteiger partial charge in [0.1, 0.15) is 0 Å². The Bertz CT molecular complexity index is 397. The smallest absolute Gasteiger partial charge is 0.0519 e. The molecule has 86 valence electrons. The normalized spacial score (nSPS) is 16.2. The van der Waals surface area contributed by atoms with Gasteiger partial charge in [-0.05, 0) is 18.2 Å². The number of benzene rings is 1. The van der Waals surface area contributed by atoms with E-state index in [2.05, 4.69) is 16.8 Å². The van der Waals surface area contributed by atoms with Crippen molar-refractivity contribution in [1.29, 1.82) is 0 Å². The van der Waals surface area contributed by atoms with Gasteiger partial charge < -0.3 is 16.0 Å². The van der Waals surface area contributed by atoms with E-state index < -0.39 is 0 Å². The molecule has 1 fully saturated rings. The van der Waals surface area contributed by atoms with Crippen molar-refractivity contribution in [3.63, 3.8) is 0 Å². The summed E-state index contributed by atoms with van der Waals surface area (Å²) in [7, 11) is 0. The van der Waals surface area contributed by atoms with Gasteiger partial charge in [0.25, 0.3) is 0 Å². The predicted octanol–water partition coefficient (Wildman–Crippen LogP) is 1.80. The van der Waals surface area contributed by atoms with Gasteiger partial charge in [0, 0.05) is 43.1 Å². The highest BCUT2D eigenvalue weighted by Gasteiger charge is 2.14. The zero-order valence-corrected chi connectivity index (χ0v) is 9.93. The van der Waals surface area contributed by atoms with Crippen LogP contribution in [0.3, 0.4) is 0 Å². The molecule has 0 unspecified atom stereocenters. The summed E-state index contributed by atoms with van der Waals surface area (Å²) in [4.78, 5) is 2.24. The van der Waals surface area contributed by atoms with Gasteiger partial charge in [-0.2, -0.15) is 0 Å². The van der Waals surface area contributed by atoms with Crippen molar-refractivity contribution in [3.05, 3.63) is 35.4 Å². The molecule has 0 radical (unpaired) electrons. The van der Waals surface area contributed by atoms with E-state index in [0.29, 0.717) is 10.7 Å². The Hall–Kier alpha value is -1.19. The minimum atomic E-state index is 0.670. The highest BCUT2D eigenvalue weighted by atomic mass is 35.5. The molecule has 0 spiro atoms. The van der Waals surface area contributed by atoms with Crippen LogP contribution in [0, 0.1) is 0 Å². The first-order valence-electron chi connectivity index (χ1n) is 5.38. The number of nitrogens with one attached hydrogen (secondary N) is 1. The fraction of sp³-hybridized carbons (Fsp3) is 0.333. The predicted molar refractivity (Wildman–Crippen MR) is 69.3 cm³/mol. The first kappa shape index (κ1) is 11.3. The van der Waals surface area contributed by atoms with Gasteiger partial charge in [0.2, 0.25) is 0 Å². The van der Waals surface area contributed by atoms with Crippen LogP contribution in [0.4, 0.5) is 5.69 Å². The van der Waals surface area contributed by atoms with Gasteiger partial charge in [-0.1, -0.05) is 18.2 Å². The van der Waals surface area contributed by atoms with Crippen LogP contribution in [0.1, 0.15) is 5.56 Å². The van der Waals surface area contributed by atoms with Crippen molar-refractivity contribution in [3.8, 4) is 0 Å². The first-order chi connectivity index (χ1) is 7.68. The maximum Gasteiger partial charge on any atom is 0.0519 e. The lowest BCUT2D eigenvalue weighted by Crippen LogP contribution is -2.42. The summed E-state index contributed by atoms with van der Waals surface area (Å²) in [6.45, 7) is 8.04. The second-order valence-corrected chi connectivity index (χ2v) is 4.33. The second-order valence-electron chi connectivity index (χ2n) is 3.92. The van der Waals surface area contributed by atoms with E-state index in [1.54, 1.807) is 6.07 Å². The van der Waals surface area contributed by atoms with Crippen LogP contribution in [-0.4, -0.2) is 31.1 Å². The average molecular weight is 238 g/mol. The largest absolute Gasteiger partial charge is 0.399 e. The molecule has 1 aromatic carbocycles. The molecule has 0 saturated carbocycles. The van der Waals surface area contributed by atoms with Crippen molar-refractivity contribution >= 4 is 23.0 Å². The van der Waals surface area contributed by atoms with Crippen LogP contribution in [0.15, 0.2) is 24.8 Å². The van der Waals surface area contributed by atoms with Gasteiger partial charge in [-0.3, -0.25) is 0 Å². The number of nitrogens with zero attached hydrogens (tertiary/aromatic N) is 1. The van der Waals surface area contributed by atoms with E-state index in [4.69, 9.17) is 17.3 Å². The monoisotopic (exact) mass is 237 g/mol. The maximum atomic E-state index is 6.16. The van der Waals surface area contributed by atoms with E-state index >= 15 is 0 Å². The number of hydrogen-bond acceptors (Lipinski definition) is 3. The van der Waals surface area contributed by atoms with Gasteiger partial charge >= 0.3 is 0 Å². The molecule has 2 rings (SSSR count). The third kappa shape index (κ3) is 2.31. The number of hydrogen-bond donors (Lipinski definition) is 2. The summed E-state index contributed by atoms with van der Waals surface area (Å²) in [5.74, 6) is 0. The number of rotatable bonds is 2. The summed E-state index contributed by atoms with van der Waals surface area (Å²) in [6.07, 6.45) is 0. The number of anilines is 1.